The highest BCUT2D eigenvalue weighted by atomic mass is 15.0. The van der Waals surface area contributed by atoms with Gasteiger partial charge in [0.1, 0.15) is 0 Å². The van der Waals surface area contributed by atoms with Crippen LogP contribution in [0, 0.1) is 0 Å². The lowest BCUT2D eigenvalue weighted by Crippen LogP contribution is -2.04. The fraction of sp³-hybridized carbons (Fsp3) is 0. The number of hydrogen-bond acceptors (Lipinski definition) is 5. The molecule has 6 heteroatoms. The summed E-state index contributed by atoms with van der Waals surface area (Å²) in [5, 5.41) is 2.42. The highest BCUT2D eigenvalue weighted by molar-refractivity contribution is 6.10. The van der Waals surface area contributed by atoms with Gasteiger partial charge >= 0.3 is 0 Å². The van der Waals surface area contributed by atoms with Crippen LogP contribution in [0.1, 0.15) is 0 Å². The van der Waals surface area contributed by atoms with Gasteiger partial charge in [0.15, 0.2) is 17.5 Å². The molecule has 0 saturated carbocycles. The van der Waals surface area contributed by atoms with Gasteiger partial charge in [-0.2, -0.15) is 0 Å². The van der Waals surface area contributed by atoms with Crippen molar-refractivity contribution in [3.8, 4) is 62.1 Å². The van der Waals surface area contributed by atoms with Crippen LogP contribution in [0.25, 0.3) is 83.9 Å². The molecule has 5 aromatic carbocycles. The van der Waals surface area contributed by atoms with E-state index in [0.29, 0.717) is 17.5 Å². The Hall–Kier alpha value is -6.79. The second-order valence-corrected chi connectivity index (χ2v) is 11.8. The van der Waals surface area contributed by atoms with Crippen molar-refractivity contribution in [2.24, 2.45) is 0 Å². The second kappa shape index (κ2) is 12.1. The Bertz CT molecular complexity index is 2410. The number of aromatic nitrogens is 6. The van der Waals surface area contributed by atoms with Crippen LogP contribution in [0.15, 0.2) is 170 Å². The summed E-state index contributed by atoms with van der Waals surface area (Å²) in [6, 6.07) is 50.6. The normalized spacial score (nSPS) is 11.3. The molecule has 6 nitrogen and oxygen atoms in total. The van der Waals surface area contributed by atoms with Gasteiger partial charge in [-0.1, -0.05) is 97.1 Å². The van der Waals surface area contributed by atoms with Crippen molar-refractivity contribution in [2.75, 3.05) is 0 Å². The summed E-state index contributed by atoms with van der Waals surface area (Å²) in [6.45, 7) is 0. The smallest absolute Gasteiger partial charge is 0.164 e. The Balaban J connectivity index is 1.40. The molecule has 9 rings (SSSR count). The summed E-state index contributed by atoms with van der Waals surface area (Å²) in [5.41, 5.74) is 10.3. The van der Waals surface area contributed by atoms with Crippen LogP contribution in [0.4, 0.5) is 0 Å². The summed E-state index contributed by atoms with van der Waals surface area (Å²) in [5.74, 6) is 1.73. The molecular formula is C43H28N6. The van der Waals surface area contributed by atoms with Crippen molar-refractivity contribution in [1.82, 2.24) is 29.5 Å². The standard InChI is InChI=1S/C43H28N6/c1-3-11-29(12-4-1)36-27-33(43-47-41(31-19-23-44-24-20-31)46-42(48-43)32-21-25-45-26-22-32)28-37(30-13-5-2-6-14-30)40(36)49-38-17-9-7-15-34(38)35-16-8-10-18-39(35)49/h1-28H. The van der Waals surface area contributed by atoms with E-state index in [4.69, 9.17) is 15.0 Å². The van der Waals surface area contributed by atoms with E-state index in [9.17, 15) is 0 Å². The van der Waals surface area contributed by atoms with E-state index < -0.39 is 0 Å². The minimum absolute atomic E-state index is 0.577. The van der Waals surface area contributed by atoms with Crippen LogP contribution in [-0.2, 0) is 0 Å². The molecule has 0 atom stereocenters. The minimum Gasteiger partial charge on any atom is -0.308 e. The van der Waals surface area contributed by atoms with Gasteiger partial charge < -0.3 is 4.57 Å². The number of fused-ring (bicyclic) bond motifs is 3. The first-order chi connectivity index (χ1) is 24.3. The van der Waals surface area contributed by atoms with Gasteiger partial charge in [-0.3, -0.25) is 9.97 Å². The molecule has 49 heavy (non-hydrogen) atoms. The van der Waals surface area contributed by atoms with Crippen LogP contribution in [0.5, 0.6) is 0 Å². The van der Waals surface area contributed by atoms with Gasteiger partial charge in [-0.05, 0) is 59.7 Å². The van der Waals surface area contributed by atoms with Crippen molar-refractivity contribution in [2.45, 2.75) is 0 Å². The predicted octanol–water partition coefficient (Wildman–Crippen LogP) is 10.1. The van der Waals surface area contributed by atoms with Crippen LogP contribution < -0.4 is 0 Å². The average Bonchev–Trinajstić information content (AvgIpc) is 3.52. The summed E-state index contributed by atoms with van der Waals surface area (Å²) < 4.78 is 2.41. The van der Waals surface area contributed by atoms with Gasteiger partial charge in [0.25, 0.3) is 0 Å². The monoisotopic (exact) mass is 628 g/mol. The molecule has 0 amide bonds. The molecule has 0 aliphatic carbocycles. The number of pyridine rings is 2. The number of benzene rings is 5. The topological polar surface area (TPSA) is 69.4 Å². The van der Waals surface area contributed by atoms with E-state index in [-0.39, 0.29) is 0 Å². The Morgan fingerprint density at radius 2 is 0.735 bits per heavy atom. The second-order valence-electron chi connectivity index (χ2n) is 11.8. The fourth-order valence-corrected chi connectivity index (χ4v) is 6.61. The SMILES string of the molecule is c1ccc(-c2cc(-c3nc(-c4ccncc4)nc(-c4ccncc4)n3)cc(-c3ccccc3)c2-n2c3ccccc3c3ccccc32)cc1. The van der Waals surface area contributed by atoms with Crippen molar-refractivity contribution in [3.63, 3.8) is 0 Å². The quantitative estimate of drug-likeness (QED) is 0.183. The van der Waals surface area contributed by atoms with Gasteiger partial charge in [-0.25, -0.2) is 15.0 Å². The summed E-state index contributed by atoms with van der Waals surface area (Å²) in [4.78, 5) is 23.5. The van der Waals surface area contributed by atoms with E-state index >= 15 is 0 Å². The van der Waals surface area contributed by atoms with Crippen LogP contribution in [0.2, 0.25) is 0 Å². The first kappa shape index (κ1) is 28.4. The molecule has 0 saturated heterocycles. The molecule has 0 bridgehead atoms. The highest BCUT2D eigenvalue weighted by Gasteiger charge is 2.22. The first-order valence-corrected chi connectivity index (χ1v) is 16.2. The molecule has 0 fully saturated rings. The lowest BCUT2D eigenvalue weighted by Gasteiger charge is -2.21. The number of hydrogen-bond donors (Lipinski definition) is 0. The first-order valence-electron chi connectivity index (χ1n) is 16.2. The lowest BCUT2D eigenvalue weighted by molar-refractivity contribution is 1.07. The average molecular weight is 629 g/mol. The largest absolute Gasteiger partial charge is 0.308 e. The zero-order chi connectivity index (χ0) is 32.6. The van der Waals surface area contributed by atoms with E-state index in [1.807, 2.05) is 24.3 Å². The summed E-state index contributed by atoms with van der Waals surface area (Å²) >= 11 is 0. The van der Waals surface area contributed by atoms with Crippen LogP contribution >= 0.6 is 0 Å². The molecule has 9 aromatic rings. The third kappa shape index (κ3) is 5.12. The van der Waals surface area contributed by atoms with Gasteiger partial charge in [-0.15, -0.1) is 0 Å². The van der Waals surface area contributed by atoms with Crippen molar-refractivity contribution < 1.29 is 0 Å². The number of nitrogens with zero attached hydrogens (tertiary/aromatic N) is 6. The molecule has 0 unspecified atom stereocenters. The molecule has 0 N–H and O–H groups in total. The highest BCUT2D eigenvalue weighted by Crippen LogP contribution is 2.43. The third-order valence-corrected chi connectivity index (χ3v) is 8.85. The fourth-order valence-electron chi connectivity index (χ4n) is 6.61. The lowest BCUT2D eigenvalue weighted by atomic mass is 9.92. The van der Waals surface area contributed by atoms with Gasteiger partial charge in [0.05, 0.1) is 16.7 Å². The molecule has 0 aliphatic heterocycles. The van der Waals surface area contributed by atoms with Crippen molar-refractivity contribution in [1.29, 1.82) is 0 Å². The van der Waals surface area contributed by atoms with Crippen molar-refractivity contribution in [3.05, 3.63) is 170 Å². The van der Waals surface area contributed by atoms with Gasteiger partial charge in [0, 0.05) is 63.4 Å². The maximum absolute atomic E-state index is 5.09. The molecule has 4 heterocycles. The third-order valence-electron chi connectivity index (χ3n) is 8.85. The number of para-hydroxylation sites is 2. The van der Waals surface area contributed by atoms with E-state index in [2.05, 4.69) is 136 Å². The Labute approximate surface area is 283 Å². The van der Waals surface area contributed by atoms with E-state index in [1.54, 1.807) is 24.8 Å². The Kier molecular flexibility index (Phi) is 7.02. The molecular weight excluding hydrogens is 601 g/mol. The zero-order valence-electron chi connectivity index (χ0n) is 26.3. The van der Waals surface area contributed by atoms with Gasteiger partial charge in [0.2, 0.25) is 0 Å². The zero-order valence-corrected chi connectivity index (χ0v) is 26.3. The summed E-state index contributed by atoms with van der Waals surface area (Å²) in [6.07, 6.45) is 7.03. The molecule has 230 valence electrons. The molecule has 0 radical (unpaired) electrons. The van der Waals surface area contributed by atoms with Crippen LogP contribution in [-0.4, -0.2) is 29.5 Å². The van der Waals surface area contributed by atoms with Crippen molar-refractivity contribution >= 4 is 21.8 Å². The maximum Gasteiger partial charge on any atom is 0.164 e. The predicted molar refractivity (Wildman–Crippen MR) is 197 cm³/mol. The Morgan fingerprint density at radius 1 is 0.347 bits per heavy atom. The van der Waals surface area contributed by atoms with E-state index in [1.165, 1.54) is 10.8 Å². The van der Waals surface area contributed by atoms with E-state index in [0.717, 1.165) is 55.7 Å². The number of rotatable bonds is 6. The Morgan fingerprint density at radius 3 is 1.18 bits per heavy atom. The molecule has 4 aromatic heterocycles. The summed E-state index contributed by atoms with van der Waals surface area (Å²) in [7, 11) is 0. The molecule has 0 aliphatic rings. The minimum atomic E-state index is 0.577. The maximum atomic E-state index is 5.09. The molecule has 0 spiro atoms. The van der Waals surface area contributed by atoms with Crippen LogP contribution in [0.3, 0.4) is 0 Å².